The Bertz CT molecular complexity index is 1180. The number of Topliss-reactive ketones (excluding diaryl/α,β-unsaturated/α-hetero) is 1. The molecular formula is C22H21ClN2O5S. The number of rotatable bonds is 7. The van der Waals surface area contributed by atoms with Gasteiger partial charge in [-0.2, -0.15) is 0 Å². The molecule has 1 N–H and O–H groups in total. The van der Waals surface area contributed by atoms with E-state index in [1.165, 1.54) is 23.3 Å². The molecule has 2 aromatic heterocycles. The molecule has 1 aliphatic heterocycles. The number of aliphatic hydroxyl groups excluding tert-OH is 1. The molecule has 1 aromatic carbocycles. The highest BCUT2D eigenvalue weighted by Gasteiger charge is 2.44. The lowest BCUT2D eigenvalue weighted by atomic mass is 10.00. The quantitative estimate of drug-likeness (QED) is 0.529. The van der Waals surface area contributed by atoms with Crippen molar-refractivity contribution in [2.75, 3.05) is 34.3 Å². The monoisotopic (exact) mass is 460 g/mol. The molecule has 7 nitrogen and oxygen atoms in total. The van der Waals surface area contributed by atoms with E-state index in [2.05, 4.69) is 0 Å². The minimum atomic E-state index is -0.682. The fraction of sp³-hybridized carbons (Fsp3) is 0.273. The Morgan fingerprint density at radius 1 is 1.35 bits per heavy atom. The Hall–Kier alpha value is -2.81. The molecule has 1 amide bonds. The summed E-state index contributed by atoms with van der Waals surface area (Å²) in [6, 6.07) is 7.81. The third-order valence-electron chi connectivity index (χ3n) is 5.14. The molecule has 0 spiro atoms. The summed E-state index contributed by atoms with van der Waals surface area (Å²) in [6.07, 6.45) is 0. The fourth-order valence-corrected chi connectivity index (χ4v) is 4.71. The number of furan rings is 1. The van der Waals surface area contributed by atoms with Gasteiger partial charge in [0.2, 0.25) is 5.78 Å². The number of halogens is 1. The topological polar surface area (TPSA) is 83.2 Å². The van der Waals surface area contributed by atoms with Crippen LogP contribution in [0.4, 0.5) is 0 Å². The van der Waals surface area contributed by atoms with Crippen LogP contribution in [0.5, 0.6) is 5.75 Å². The van der Waals surface area contributed by atoms with E-state index in [0.717, 1.165) is 4.88 Å². The fourth-order valence-electron chi connectivity index (χ4n) is 3.65. The number of amides is 1. The molecule has 0 radical (unpaired) electrons. The van der Waals surface area contributed by atoms with E-state index < -0.39 is 23.5 Å². The summed E-state index contributed by atoms with van der Waals surface area (Å²) in [5.74, 6) is -1.27. The van der Waals surface area contributed by atoms with Gasteiger partial charge in [0.15, 0.2) is 22.9 Å². The number of ether oxygens (including phenoxy) is 1. The highest BCUT2D eigenvalue weighted by atomic mass is 35.5. The lowest BCUT2D eigenvalue weighted by molar-refractivity contribution is -0.129. The Balaban J connectivity index is 1.78. The summed E-state index contributed by atoms with van der Waals surface area (Å²) in [4.78, 5) is 30.6. The average molecular weight is 461 g/mol. The zero-order valence-corrected chi connectivity index (χ0v) is 18.8. The lowest BCUT2D eigenvalue weighted by Gasteiger charge is -2.26. The van der Waals surface area contributed by atoms with Gasteiger partial charge in [-0.05, 0) is 37.7 Å². The summed E-state index contributed by atoms with van der Waals surface area (Å²) in [5, 5.41) is 13.6. The van der Waals surface area contributed by atoms with Gasteiger partial charge in [0.25, 0.3) is 5.91 Å². The number of likely N-dealkylation sites (N-methyl/N-ethyl adjacent to an activating group) is 1. The molecule has 1 atom stereocenters. The Labute approximate surface area is 188 Å². The van der Waals surface area contributed by atoms with Crippen molar-refractivity contribution in [1.29, 1.82) is 0 Å². The number of ketones is 1. The summed E-state index contributed by atoms with van der Waals surface area (Å²) in [6.45, 7) is 0.946. The van der Waals surface area contributed by atoms with E-state index in [0.29, 0.717) is 34.8 Å². The molecule has 162 valence electrons. The maximum Gasteiger partial charge on any atom is 0.290 e. The molecule has 31 heavy (non-hydrogen) atoms. The molecule has 1 aliphatic rings. The molecule has 4 rings (SSSR count). The first-order valence-corrected chi connectivity index (χ1v) is 10.8. The molecule has 0 aliphatic carbocycles. The second-order valence-electron chi connectivity index (χ2n) is 7.45. The van der Waals surface area contributed by atoms with Crippen LogP contribution >= 0.6 is 22.9 Å². The van der Waals surface area contributed by atoms with Crippen LogP contribution in [0.2, 0.25) is 5.02 Å². The predicted octanol–water partition coefficient (Wildman–Crippen LogP) is 4.30. The molecule has 3 heterocycles. The van der Waals surface area contributed by atoms with Crippen molar-refractivity contribution in [3.8, 4) is 5.75 Å². The summed E-state index contributed by atoms with van der Waals surface area (Å²) < 4.78 is 11.1. The zero-order chi connectivity index (χ0) is 22.3. The molecular weight excluding hydrogens is 440 g/mol. The maximum absolute atomic E-state index is 13.5. The van der Waals surface area contributed by atoms with Crippen LogP contribution in [0.25, 0.3) is 11.0 Å². The Morgan fingerprint density at radius 2 is 2.13 bits per heavy atom. The summed E-state index contributed by atoms with van der Waals surface area (Å²) >= 11 is 7.54. The normalized spacial score (nSPS) is 16.7. The van der Waals surface area contributed by atoms with E-state index in [-0.39, 0.29) is 11.3 Å². The number of nitrogens with zero attached hydrogens (tertiary/aromatic N) is 2. The van der Waals surface area contributed by atoms with Crippen molar-refractivity contribution >= 4 is 45.6 Å². The van der Waals surface area contributed by atoms with E-state index in [9.17, 15) is 14.7 Å². The van der Waals surface area contributed by atoms with Crippen molar-refractivity contribution in [1.82, 2.24) is 9.80 Å². The first kappa shape index (κ1) is 21.4. The second-order valence-corrected chi connectivity index (χ2v) is 8.86. The maximum atomic E-state index is 13.5. The van der Waals surface area contributed by atoms with Crippen LogP contribution in [0.3, 0.4) is 0 Å². The van der Waals surface area contributed by atoms with Gasteiger partial charge in [-0.3, -0.25) is 9.59 Å². The minimum absolute atomic E-state index is 0.000863. The van der Waals surface area contributed by atoms with Crippen molar-refractivity contribution in [3.05, 3.63) is 62.7 Å². The van der Waals surface area contributed by atoms with Gasteiger partial charge < -0.3 is 24.1 Å². The molecule has 0 saturated heterocycles. The van der Waals surface area contributed by atoms with Gasteiger partial charge in [0, 0.05) is 34.4 Å². The highest BCUT2D eigenvalue weighted by Crippen LogP contribution is 2.41. The van der Waals surface area contributed by atoms with E-state index in [4.69, 9.17) is 20.8 Å². The molecule has 0 fully saturated rings. The number of aliphatic hydroxyl groups is 1. The van der Waals surface area contributed by atoms with E-state index in [1.807, 2.05) is 36.5 Å². The average Bonchev–Trinajstić information content (AvgIpc) is 3.45. The predicted molar refractivity (Wildman–Crippen MR) is 119 cm³/mol. The number of carbonyl (C=O) groups is 2. The molecule has 0 bridgehead atoms. The third-order valence-corrected chi connectivity index (χ3v) is 6.28. The van der Waals surface area contributed by atoms with Crippen molar-refractivity contribution in [2.24, 2.45) is 0 Å². The number of benzene rings is 1. The molecule has 1 unspecified atom stereocenters. The van der Waals surface area contributed by atoms with Crippen molar-refractivity contribution in [2.45, 2.75) is 6.04 Å². The second kappa shape index (κ2) is 8.37. The smallest absolute Gasteiger partial charge is 0.290 e. The van der Waals surface area contributed by atoms with Gasteiger partial charge in [0.1, 0.15) is 0 Å². The van der Waals surface area contributed by atoms with Gasteiger partial charge >= 0.3 is 0 Å². The first-order chi connectivity index (χ1) is 14.8. The van der Waals surface area contributed by atoms with Crippen LogP contribution in [0.1, 0.15) is 21.5 Å². The lowest BCUT2D eigenvalue weighted by Crippen LogP contribution is -2.36. The number of carbonyl (C=O) groups excluding carboxylic acids is 2. The van der Waals surface area contributed by atoms with Gasteiger partial charge in [-0.25, -0.2) is 0 Å². The van der Waals surface area contributed by atoms with Crippen LogP contribution in [0, 0.1) is 0 Å². The number of hydrogen-bond donors (Lipinski definition) is 1. The number of fused-ring (bicyclic) bond motifs is 1. The van der Waals surface area contributed by atoms with Crippen LogP contribution in [0.15, 0.2) is 51.5 Å². The Morgan fingerprint density at radius 3 is 2.77 bits per heavy atom. The highest BCUT2D eigenvalue weighted by molar-refractivity contribution is 7.10. The minimum Gasteiger partial charge on any atom is -0.503 e. The van der Waals surface area contributed by atoms with Crippen LogP contribution in [-0.2, 0) is 4.79 Å². The number of hydrogen-bond acceptors (Lipinski definition) is 7. The van der Waals surface area contributed by atoms with Gasteiger partial charge in [-0.15, -0.1) is 11.3 Å². The van der Waals surface area contributed by atoms with Gasteiger partial charge in [0.05, 0.1) is 18.7 Å². The molecule has 3 aromatic rings. The first-order valence-electron chi connectivity index (χ1n) is 9.55. The van der Waals surface area contributed by atoms with Crippen molar-refractivity contribution in [3.63, 3.8) is 0 Å². The largest absolute Gasteiger partial charge is 0.503 e. The third kappa shape index (κ3) is 3.82. The summed E-state index contributed by atoms with van der Waals surface area (Å²) in [5.41, 5.74) is 0.382. The number of methoxy groups -OCH3 is 1. The molecule has 0 saturated carbocycles. The zero-order valence-electron chi connectivity index (χ0n) is 17.2. The van der Waals surface area contributed by atoms with Crippen molar-refractivity contribution < 1.29 is 23.8 Å². The van der Waals surface area contributed by atoms with Crippen LogP contribution < -0.4 is 4.74 Å². The SMILES string of the molecule is COc1cc(Cl)cc2cc(C(=O)C3=C(O)C(=O)N(CCN(C)C)C3c3cccs3)oc12. The number of thiophene rings is 1. The van der Waals surface area contributed by atoms with Crippen LogP contribution in [-0.4, -0.2) is 60.9 Å². The Kier molecular flexibility index (Phi) is 5.79. The van der Waals surface area contributed by atoms with Gasteiger partial charge in [-0.1, -0.05) is 17.7 Å². The van der Waals surface area contributed by atoms with E-state index in [1.54, 1.807) is 18.2 Å². The standard InChI is InChI=1S/C22H21ClN2O5S/c1-24(2)6-7-25-18(16-5-4-8-31-16)17(20(27)22(25)28)19(26)14-10-12-9-13(23)11-15(29-3)21(12)30-14/h4-5,8-11,18,27H,6-7H2,1-3H3. The summed E-state index contributed by atoms with van der Waals surface area (Å²) in [7, 11) is 5.27. The molecule has 9 heteroatoms. The van der Waals surface area contributed by atoms with E-state index >= 15 is 0 Å².